The van der Waals surface area contributed by atoms with E-state index in [1.165, 1.54) is 12.1 Å². The zero-order valence-electron chi connectivity index (χ0n) is 11.8. The number of esters is 1. The van der Waals surface area contributed by atoms with E-state index in [4.69, 9.17) is 4.74 Å². The van der Waals surface area contributed by atoms with Gasteiger partial charge >= 0.3 is 5.97 Å². The first-order valence-electron chi connectivity index (χ1n) is 6.74. The van der Waals surface area contributed by atoms with Crippen LogP contribution in [0.15, 0.2) is 60.7 Å². The highest BCUT2D eigenvalue weighted by Crippen LogP contribution is 2.36. The molecule has 0 unspecified atom stereocenters. The number of carbonyl (C=O) groups excluding carboxylic acids is 1. The summed E-state index contributed by atoms with van der Waals surface area (Å²) in [6.07, 6.45) is 0. The number of hydrogen-bond donors (Lipinski definition) is 1. The third-order valence-corrected chi connectivity index (χ3v) is 3.36. The molecule has 0 aliphatic heterocycles. The maximum atomic E-state index is 12.2. The predicted molar refractivity (Wildman–Crippen MR) is 83.7 cm³/mol. The van der Waals surface area contributed by atoms with E-state index in [9.17, 15) is 20.0 Å². The Bertz CT molecular complexity index is 906. The molecule has 0 aromatic heterocycles. The van der Waals surface area contributed by atoms with Crippen LogP contribution in [0.4, 0.5) is 5.69 Å². The van der Waals surface area contributed by atoms with Crippen LogP contribution in [0.1, 0.15) is 10.4 Å². The van der Waals surface area contributed by atoms with Gasteiger partial charge in [-0.1, -0.05) is 36.4 Å². The lowest BCUT2D eigenvalue weighted by atomic mass is 10.0. The van der Waals surface area contributed by atoms with Gasteiger partial charge in [-0.25, -0.2) is 4.79 Å². The van der Waals surface area contributed by atoms with Gasteiger partial charge in [0, 0.05) is 11.5 Å². The minimum absolute atomic E-state index is 0.224. The Morgan fingerprint density at radius 1 is 1.00 bits per heavy atom. The molecule has 0 aliphatic carbocycles. The minimum atomic E-state index is -0.859. The Morgan fingerprint density at radius 3 is 2.26 bits per heavy atom. The number of ether oxygens (including phenoxy) is 1. The quantitative estimate of drug-likeness (QED) is 0.345. The monoisotopic (exact) mass is 309 g/mol. The van der Waals surface area contributed by atoms with Gasteiger partial charge in [-0.05, 0) is 18.2 Å². The molecule has 0 bridgehead atoms. The number of fused-ring (bicyclic) bond motifs is 1. The summed E-state index contributed by atoms with van der Waals surface area (Å²) in [4.78, 5) is 22.9. The smallest absolute Gasteiger partial charge is 0.347 e. The van der Waals surface area contributed by atoms with Gasteiger partial charge in [0.25, 0.3) is 5.69 Å². The van der Waals surface area contributed by atoms with E-state index in [-0.39, 0.29) is 33.5 Å². The molecule has 6 nitrogen and oxygen atoms in total. The van der Waals surface area contributed by atoms with Gasteiger partial charge in [-0.15, -0.1) is 0 Å². The molecule has 0 heterocycles. The number of para-hydroxylation sites is 1. The van der Waals surface area contributed by atoms with Crippen molar-refractivity contribution in [1.29, 1.82) is 0 Å². The average molecular weight is 309 g/mol. The molecule has 0 amide bonds. The number of carbonyl (C=O) groups is 1. The lowest BCUT2D eigenvalue weighted by molar-refractivity contribution is -0.383. The van der Waals surface area contributed by atoms with Crippen LogP contribution in [0, 0.1) is 10.1 Å². The van der Waals surface area contributed by atoms with E-state index in [0.29, 0.717) is 0 Å². The maximum Gasteiger partial charge on any atom is 0.347 e. The summed E-state index contributed by atoms with van der Waals surface area (Å²) >= 11 is 0. The van der Waals surface area contributed by atoms with Crippen molar-refractivity contribution in [1.82, 2.24) is 0 Å². The van der Waals surface area contributed by atoms with Crippen molar-refractivity contribution in [3.63, 3.8) is 0 Å². The summed E-state index contributed by atoms with van der Waals surface area (Å²) in [7, 11) is 0. The molecule has 114 valence electrons. The lowest BCUT2D eigenvalue weighted by Gasteiger charge is -2.09. The third kappa shape index (κ3) is 2.69. The van der Waals surface area contributed by atoms with E-state index in [2.05, 4.69) is 0 Å². The van der Waals surface area contributed by atoms with Crippen molar-refractivity contribution in [2.24, 2.45) is 0 Å². The molecule has 0 spiro atoms. The van der Waals surface area contributed by atoms with Crippen LogP contribution < -0.4 is 4.74 Å². The number of benzene rings is 3. The van der Waals surface area contributed by atoms with Gasteiger partial charge in [0.15, 0.2) is 0 Å². The lowest BCUT2D eigenvalue weighted by Crippen LogP contribution is -2.09. The summed E-state index contributed by atoms with van der Waals surface area (Å²) in [6, 6.07) is 15.6. The number of nitro benzene ring substituents is 1. The molecule has 0 atom stereocenters. The minimum Gasteiger partial charge on any atom is -0.506 e. The number of aromatic hydroxyl groups is 1. The Labute approximate surface area is 130 Å². The molecule has 0 fully saturated rings. The largest absolute Gasteiger partial charge is 0.506 e. The highest BCUT2D eigenvalue weighted by atomic mass is 16.6. The summed E-state index contributed by atoms with van der Waals surface area (Å²) in [5.41, 5.74) is -0.516. The topological polar surface area (TPSA) is 89.7 Å². The van der Waals surface area contributed by atoms with Crippen molar-refractivity contribution in [3.05, 3.63) is 76.3 Å². The Hall–Kier alpha value is -3.41. The van der Waals surface area contributed by atoms with Gasteiger partial charge in [0.05, 0.1) is 10.3 Å². The fourth-order valence-electron chi connectivity index (χ4n) is 2.30. The van der Waals surface area contributed by atoms with Crippen molar-refractivity contribution < 1.29 is 19.6 Å². The molecule has 6 heteroatoms. The molecule has 0 radical (unpaired) electrons. The Balaban J connectivity index is 2.12. The number of hydrogen-bond acceptors (Lipinski definition) is 5. The van der Waals surface area contributed by atoms with Crippen LogP contribution in [-0.2, 0) is 0 Å². The SMILES string of the molecule is O=C(Oc1ccccc1)c1cc([N+](=O)[O-])c2ccccc2c1O. The van der Waals surface area contributed by atoms with Crippen molar-refractivity contribution in [3.8, 4) is 11.5 Å². The van der Waals surface area contributed by atoms with Crippen LogP contribution in [0.2, 0.25) is 0 Å². The molecular weight excluding hydrogens is 298 g/mol. The summed E-state index contributed by atoms with van der Waals surface area (Å²) in [5, 5.41) is 22.0. The Morgan fingerprint density at radius 2 is 1.61 bits per heavy atom. The second-order valence-electron chi connectivity index (χ2n) is 4.80. The van der Waals surface area contributed by atoms with E-state index in [1.54, 1.807) is 42.5 Å². The number of phenolic OH excluding ortho intramolecular Hbond substituents is 1. The maximum absolute atomic E-state index is 12.2. The molecule has 23 heavy (non-hydrogen) atoms. The van der Waals surface area contributed by atoms with Crippen LogP contribution >= 0.6 is 0 Å². The first kappa shape index (κ1) is 14.5. The first-order valence-corrected chi connectivity index (χ1v) is 6.74. The number of rotatable bonds is 3. The van der Waals surface area contributed by atoms with Gasteiger partial charge in [0.1, 0.15) is 17.1 Å². The molecule has 1 N–H and O–H groups in total. The second-order valence-corrected chi connectivity index (χ2v) is 4.80. The standard InChI is InChI=1S/C17H11NO5/c19-16-13-9-5-4-8-12(13)15(18(21)22)10-14(16)17(20)23-11-6-2-1-3-7-11/h1-10,19H. The molecular formula is C17H11NO5. The number of phenols is 1. The zero-order valence-corrected chi connectivity index (χ0v) is 11.8. The zero-order chi connectivity index (χ0) is 16.4. The van der Waals surface area contributed by atoms with Gasteiger partial charge in [-0.3, -0.25) is 10.1 Å². The number of nitrogens with zero attached hydrogens (tertiary/aromatic N) is 1. The van der Waals surface area contributed by atoms with E-state index >= 15 is 0 Å². The highest BCUT2D eigenvalue weighted by molar-refractivity contribution is 6.05. The van der Waals surface area contributed by atoms with Gasteiger partial charge in [-0.2, -0.15) is 0 Å². The van der Waals surface area contributed by atoms with Crippen LogP contribution in [0.25, 0.3) is 10.8 Å². The molecule has 0 saturated heterocycles. The van der Waals surface area contributed by atoms with Crippen LogP contribution in [0.3, 0.4) is 0 Å². The summed E-state index contributed by atoms with van der Waals surface area (Å²) in [6.45, 7) is 0. The van der Waals surface area contributed by atoms with Crippen molar-refractivity contribution >= 4 is 22.4 Å². The Kier molecular flexibility index (Phi) is 3.64. The molecule has 3 aromatic carbocycles. The molecule has 3 rings (SSSR count). The average Bonchev–Trinajstić information content (AvgIpc) is 2.56. The van der Waals surface area contributed by atoms with E-state index in [0.717, 1.165) is 6.07 Å². The van der Waals surface area contributed by atoms with E-state index in [1.807, 2.05) is 0 Å². The summed E-state index contributed by atoms with van der Waals surface area (Å²) < 4.78 is 5.14. The van der Waals surface area contributed by atoms with Crippen LogP contribution in [0.5, 0.6) is 11.5 Å². The molecule has 0 saturated carbocycles. The molecule has 0 aliphatic rings. The van der Waals surface area contributed by atoms with Gasteiger partial charge < -0.3 is 9.84 Å². The third-order valence-electron chi connectivity index (χ3n) is 3.36. The predicted octanol–water partition coefficient (Wildman–Crippen LogP) is 3.67. The molecule has 3 aromatic rings. The van der Waals surface area contributed by atoms with Crippen LogP contribution in [-0.4, -0.2) is 16.0 Å². The summed E-state index contributed by atoms with van der Waals surface area (Å²) in [5.74, 6) is -0.914. The van der Waals surface area contributed by atoms with Gasteiger partial charge in [0.2, 0.25) is 0 Å². The normalized spacial score (nSPS) is 10.4. The fraction of sp³-hybridized carbons (Fsp3) is 0. The highest BCUT2D eigenvalue weighted by Gasteiger charge is 2.23. The van der Waals surface area contributed by atoms with Crippen molar-refractivity contribution in [2.75, 3.05) is 0 Å². The number of nitro groups is 1. The van der Waals surface area contributed by atoms with Crippen molar-refractivity contribution in [2.45, 2.75) is 0 Å². The second kappa shape index (κ2) is 5.76. The number of non-ortho nitro benzene ring substituents is 1. The fourth-order valence-corrected chi connectivity index (χ4v) is 2.30. The van der Waals surface area contributed by atoms with E-state index < -0.39 is 10.9 Å². The first-order chi connectivity index (χ1) is 11.1.